The van der Waals surface area contributed by atoms with Gasteiger partial charge in [-0.3, -0.25) is 0 Å². The van der Waals surface area contributed by atoms with Crippen LogP contribution in [0.2, 0.25) is 0 Å². The van der Waals surface area contributed by atoms with Gasteiger partial charge in [-0.2, -0.15) is 0 Å². The zero-order chi connectivity index (χ0) is 11.3. The fraction of sp³-hybridized carbons (Fsp3) is 0.200. The summed E-state index contributed by atoms with van der Waals surface area (Å²) in [5.41, 5.74) is 6.45. The fourth-order valence-corrected chi connectivity index (χ4v) is 1.07. The third-order valence-corrected chi connectivity index (χ3v) is 1.91. The summed E-state index contributed by atoms with van der Waals surface area (Å²) < 4.78 is 4.56. The van der Waals surface area contributed by atoms with Crippen molar-refractivity contribution in [2.24, 2.45) is 0 Å². The van der Waals surface area contributed by atoms with Gasteiger partial charge in [0.25, 0.3) is 0 Å². The SMILES string of the molecule is COC(=O)c1cnc(N)c(C#CCBr)c1. The maximum absolute atomic E-state index is 11.2. The van der Waals surface area contributed by atoms with Gasteiger partial charge in [-0.15, -0.1) is 0 Å². The first-order valence-corrected chi connectivity index (χ1v) is 5.20. The van der Waals surface area contributed by atoms with E-state index in [9.17, 15) is 4.79 Å². The Hall–Kier alpha value is -1.54. The number of nitrogens with zero attached hydrogens (tertiary/aromatic N) is 1. The molecule has 0 aliphatic rings. The highest BCUT2D eigenvalue weighted by Crippen LogP contribution is 2.10. The summed E-state index contributed by atoms with van der Waals surface area (Å²) in [5.74, 6) is 5.42. The quantitative estimate of drug-likeness (QED) is 0.472. The summed E-state index contributed by atoms with van der Waals surface area (Å²) in [6.45, 7) is 0. The molecule has 0 aliphatic carbocycles. The van der Waals surface area contributed by atoms with Crippen LogP contribution in [-0.2, 0) is 4.74 Å². The lowest BCUT2D eigenvalue weighted by Crippen LogP contribution is -2.04. The van der Waals surface area contributed by atoms with E-state index in [1.54, 1.807) is 6.07 Å². The summed E-state index contributed by atoms with van der Waals surface area (Å²) in [6, 6.07) is 1.56. The number of hydrogen-bond acceptors (Lipinski definition) is 4. The number of nitrogen functional groups attached to an aromatic ring is 1. The number of anilines is 1. The predicted molar refractivity (Wildman–Crippen MR) is 60.7 cm³/mol. The molecule has 1 aromatic heterocycles. The van der Waals surface area contributed by atoms with Gasteiger partial charge < -0.3 is 10.5 Å². The van der Waals surface area contributed by atoms with E-state index in [2.05, 4.69) is 37.5 Å². The lowest BCUT2D eigenvalue weighted by Gasteiger charge is -2.01. The van der Waals surface area contributed by atoms with Crippen molar-refractivity contribution >= 4 is 27.7 Å². The monoisotopic (exact) mass is 268 g/mol. The Labute approximate surface area is 96.0 Å². The summed E-state index contributed by atoms with van der Waals surface area (Å²) in [4.78, 5) is 15.1. The van der Waals surface area contributed by atoms with Gasteiger partial charge in [-0.25, -0.2) is 9.78 Å². The standard InChI is InChI=1S/C10H9BrN2O2/c1-15-10(14)8-5-7(3-2-4-11)9(12)13-6-8/h5-6H,4H2,1H3,(H2,12,13). The number of pyridine rings is 1. The molecule has 0 saturated carbocycles. The van der Waals surface area contributed by atoms with Crippen LogP contribution in [0.3, 0.4) is 0 Å². The lowest BCUT2D eigenvalue weighted by molar-refractivity contribution is 0.0600. The molecule has 0 atom stereocenters. The molecule has 15 heavy (non-hydrogen) atoms. The smallest absolute Gasteiger partial charge is 0.339 e. The van der Waals surface area contributed by atoms with Gasteiger partial charge in [0, 0.05) is 6.20 Å². The average Bonchev–Trinajstić information content (AvgIpc) is 2.27. The van der Waals surface area contributed by atoms with Crippen LogP contribution in [0.5, 0.6) is 0 Å². The maximum atomic E-state index is 11.2. The van der Waals surface area contributed by atoms with Crippen LogP contribution >= 0.6 is 15.9 Å². The molecule has 0 aliphatic heterocycles. The molecular formula is C10H9BrN2O2. The van der Waals surface area contributed by atoms with E-state index < -0.39 is 5.97 Å². The number of carbonyl (C=O) groups is 1. The third kappa shape index (κ3) is 2.96. The van der Waals surface area contributed by atoms with Gasteiger partial charge in [0.05, 0.1) is 23.6 Å². The van der Waals surface area contributed by atoms with Gasteiger partial charge in [0.2, 0.25) is 0 Å². The van der Waals surface area contributed by atoms with Gasteiger partial charge >= 0.3 is 5.97 Å². The molecule has 0 bridgehead atoms. The third-order valence-electron chi connectivity index (χ3n) is 1.63. The molecule has 0 fully saturated rings. The predicted octanol–water partition coefficient (Wildman–Crippen LogP) is 1.20. The first-order valence-electron chi connectivity index (χ1n) is 4.07. The molecule has 1 heterocycles. The highest BCUT2D eigenvalue weighted by molar-refractivity contribution is 9.09. The molecule has 78 valence electrons. The number of esters is 1. The number of carbonyl (C=O) groups excluding carboxylic acids is 1. The first-order chi connectivity index (χ1) is 7.19. The second-order valence-corrected chi connectivity index (χ2v) is 3.14. The first kappa shape index (κ1) is 11.5. The maximum Gasteiger partial charge on any atom is 0.339 e. The van der Waals surface area contributed by atoms with Crippen molar-refractivity contribution in [3.8, 4) is 11.8 Å². The molecule has 0 saturated heterocycles. The Kier molecular flexibility index (Phi) is 4.13. The van der Waals surface area contributed by atoms with Crippen molar-refractivity contribution in [2.45, 2.75) is 0 Å². The Morgan fingerprint density at radius 1 is 1.73 bits per heavy atom. The topological polar surface area (TPSA) is 65.2 Å². The molecule has 0 spiro atoms. The second-order valence-electron chi connectivity index (χ2n) is 2.58. The Balaban J connectivity index is 3.10. The number of halogens is 1. The fourth-order valence-electron chi connectivity index (χ4n) is 0.934. The largest absolute Gasteiger partial charge is 0.465 e. The summed E-state index contributed by atoms with van der Waals surface area (Å²) in [7, 11) is 1.31. The Morgan fingerprint density at radius 3 is 3.07 bits per heavy atom. The minimum Gasteiger partial charge on any atom is -0.465 e. The molecule has 1 rings (SSSR count). The second kappa shape index (κ2) is 5.37. The number of nitrogens with two attached hydrogens (primary N) is 1. The molecule has 0 aromatic carbocycles. The van der Waals surface area contributed by atoms with Crippen molar-refractivity contribution in [3.05, 3.63) is 23.4 Å². The minimum absolute atomic E-state index is 0.302. The molecule has 2 N–H and O–H groups in total. The Bertz CT molecular complexity index is 435. The summed E-state index contributed by atoms with van der Waals surface area (Å²) in [5, 5.41) is 0.537. The van der Waals surface area contributed by atoms with Crippen molar-refractivity contribution in [3.63, 3.8) is 0 Å². The number of hydrogen-bond donors (Lipinski definition) is 1. The minimum atomic E-state index is -0.454. The van der Waals surface area contributed by atoms with Gasteiger partial charge in [0.15, 0.2) is 0 Å². The van der Waals surface area contributed by atoms with E-state index in [1.807, 2.05) is 0 Å². The van der Waals surface area contributed by atoms with Gasteiger partial charge in [0.1, 0.15) is 5.82 Å². The molecule has 1 aromatic rings. The van der Waals surface area contributed by atoms with Crippen LogP contribution in [0.1, 0.15) is 15.9 Å². The Morgan fingerprint density at radius 2 is 2.47 bits per heavy atom. The average molecular weight is 269 g/mol. The number of methoxy groups -OCH3 is 1. The van der Waals surface area contributed by atoms with Crippen LogP contribution in [0.25, 0.3) is 0 Å². The molecular weight excluding hydrogens is 260 g/mol. The van der Waals surface area contributed by atoms with E-state index in [0.717, 1.165) is 0 Å². The van der Waals surface area contributed by atoms with E-state index in [4.69, 9.17) is 5.73 Å². The van der Waals surface area contributed by atoms with Crippen LogP contribution in [0.15, 0.2) is 12.3 Å². The number of alkyl halides is 1. The highest BCUT2D eigenvalue weighted by atomic mass is 79.9. The van der Waals surface area contributed by atoms with E-state index >= 15 is 0 Å². The zero-order valence-corrected chi connectivity index (χ0v) is 9.67. The van der Waals surface area contributed by atoms with Gasteiger partial charge in [-0.05, 0) is 6.07 Å². The number of ether oxygens (including phenoxy) is 1. The normalized spacial score (nSPS) is 8.93. The molecule has 0 amide bonds. The summed E-state index contributed by atoms with van der Waals surface area (Å²) in [6.07, 6.45) is 1.36. The van der Waals surface area contributed by atoms with Gasteiger partial charge in [-0.1, -0.05) is 27.8 Å². The number of rotatable bonds is 1. The van der Waals surface area contributed by atoms with Crippen molar-refractivity contribution in [1.29, 1.82) is 0 Å². The lowest BCUT2D eigenvalue weighted by atomic mass is 10.2. The van der Waals surface area contributed by atoms with Crippen LogP contribution in [0.4, 0.5) is 5.82 Å². The molecule has 0 unspecified atom stereocenters. The molecule has 0 radical (unpaired) electrons. The van der Waals surface area contributed by atoms with E-state index in [0.29, 0.717) is 22.3 Å². The van der Waals surface area contributed by atoms with E-state index in [1.165, 1.54) is 13.3 Å². The van der Waals surface area contributed by atoms with Crippen LogP contribution < -0.4 is 5.73 Å². The molecule has 5 heteroatoms. The number of aromatic nitrogens is 1. The van der Waals surface area contributed by atoms with Crippen LogP contribution in [0, 0.1) is 11.8 Å². The highest BCUT2D eigenvalue weighted by Gasteiger charge is 2.07. The van der Waals surface area contributed by atoms with Crippen molar-refractivity contribution < 1.29 is 9.53 Å². The summed E-state index contributed by atoms with van der Waals surface area (Å²) >= 11 is 3.17. The van der Waals surface area contributed by atoms with Crippen LogP contribution in [-0.4, -0.2) is 23.4 Å². The van der Waals surface area contributed by atoms with E-state index in [-0.39, 0.29) is 0 Å². The van der Waals surface area contributed by atoms with Crippen molar-refractivity contribution in [1.82, 2.24) is 4.98 Å². The molecule has 4 nitrogen and oxygen atoms in total. The van der Waals surface area contributed by atoms with Crippen molar-refractivity contribution in [2.75, 3.05) is 18.2 Å². The zero-order valence-electron chi connectivity index (χ0n) is 8.08.